The smallest absolute Gasteiger partial charge is 0.262 e. The van der Waals surface area contributed by atoms with Crippen molar-refractivity contribution in [3.63, 3.8) is 0 Å². The van der Waals surface area contributed by atoms with Crippen LogP contribution < -0.4 is 10.1 Å². The first kappa shape index (κ1) is 16.2. The Labute approximate surface area is 131 Å². The van der Waals surface area contributed by atoms with E-state index in [9.17, 15) is 13.6 Å². The number of carbonyl (C=O) groups is 1. The Balaban J connectivity index is 2.00. The standard InChI is InChI=1S/C16H14ClF2NO2/c1-9-5-10(2)16(12(17)6-9)20-15(21)8-22-11-3-4-13(18)14(19)7-11/h3-7H,8H2,1-2H3,(H,20,21). The van der Waals surface area contributed by atoms with E-state index in [0.717, 1.165) is 23.3 Å². The molecule has 0 aliphatic rings. The molecule has 0 aliphatic heterocycles. The highest BCUT2D eigenvalue weighted by molar-refractivity contribution is 6.34. The summed E-state index contributed by atoms with van der Waals surface area (Å²) in [6.45, 7) is 3.39. The topological polar surface area (TPSA) is 38.3 Å². The minimum absolute atomic E-state index is 0.0702. The Morgan fingerprint density at radius 2 is 1.91 bits per heavy atom. The maximum Gasteiger partial charge on any atom is 0.262 e. The van der Waals surface area contributed by atoms with E-state index in [1.54, 1.807) is 6.07 Å². The van der Waals surface area contributed by atoms with Gasteiger partial charge in [0, 0.05) is 6.07 Å². The zero-order valence-electron chi connectivity index (χ0n) is 12.0. The van der Waals surface area contributed by atoms with Gasteiger partial charge in [0.1, 0.15) is 5.75 Å². The third-order valence-electron chi connectivity index (χ3n) is 2.96. The van der Waals surface area contributed by atoms with Crippen LogP contribution in [0, 0.1) is 25.5 Å². The fourth-order valence-corrected chi connectivity index (χ4v) is 2.33. The maximum absolute atomic E-state index is 13.0. The van der Waals surface area contributed by atoms with Gasteiger partial charge in [0.2, 0.25) is 0 Å². The van der Waals surface area contributed by atoms with Crippen LogP contribution in [0.5, 0.6) is 5.75 Å². The summed E-state index contributed by atoms with van der Waals surface area (Å²) >= 11 is 6.09. The van der Waals surface area contributed by atoms with Crippen molar-refractivity contribution >= 4 is 23.2 Å². The van der Waals surface area contributed by atoms with Crippen molar-refractivity contribution in [1.82, 2.24) is 0 Å². The van der Waals surface area contributed by atoms with Gasteiger partial charge in [0.05, 0.1) is 10.7 Å². The molecular formula is C16H14ClF2NO2. The van der Waals surface area contributed by atoms with E-state index in [1.807, 2.05) is 19.9 Å². The number of nitrogens with one attached hydrogen (secondary N) is 1. The highest BCUT2D eigenvalue weighted by Crippen LogP contribution is 2.27. The molecule has 116 valence electrons. The van der Waals surface area contributed by atoms with E-state index in [2.05, 4.69) is 5.32 Å². The van der Waals surface area contributed by atoms with Crippen LogP contribution in [0.1, 0.15) is 11.1 Å². The molecule has 0 atom stereocenters. The predicted molar refractivity (Wildman–Crippen MR) is 81.4 cm³/mol. The molecule has 2 rings (SSSR count). The molecule has 1 N–H and O–H groups in total. The van der Waals surface area contributed by atoms with Crippen LogP contribution >= 0.6 is 11.6 Å². The second-order valence-electron chi connectivity index (χ2n) is 4.85. The van der Waals surface area contributed by atoms with Crippen LogP contribution in [0.3, 0.4) is 0 Å². The summed E-state index contributed by atoms with van der Waals surface area (Å²) in [6, 6.07) is 6.68. The molecule has 0 aliphatic carbocycles. The van der Waals surface area contributed by atoms with Crippen LogP contribution in [-0.2, 0) is 4.79 Å². The summed E-state index contributed by atoms with van der Waals surface area (Å²) in [5, 5.41) is 3.07. The number of benzene rings is 2. The first-order chi connectivity index (χ1) is 10.4. The molecule has 2 aromatic rings. The van der Waals surface area contributed by atoms with Crippen molar-refractivity contribution in [3.8, 4) is 5.75 Å². The minimum atomic E-state index is -1.03. The number of carbonyl (C=O) groups excluding carboxylic acids is 1. The lowest BCUT2D eigenvalue weighted by Crippen LogP contribution is -2.21. The Hall–Kier alpha value is -2.14. The Kier molecular flexibility index (Phi) is 4.98. The van der Waals surface area contributed by atoms with Gasteiger partial charge in [-0.3, -0.25) is 4.79 Å². The lowest BCUT2D eigenvalue weighted by Gasteiger charge is -2.12. The van der Waals surface area contributed by atoms with Crippen LogP contribution in [0.2, 0.25) is 5.02 Å². The second-order valence-corrected chi connectivity index (χ2v) is 5.26. The summed E-state index contributed by atoms with van der Waals surface area (Å²) in [5.41, 5.74) is 2.32. The number of ether oxygens (including phenoxy) is 1. The Morgan fingerprint density at radius 3 is 2.55 bits per heavy atom. The molecule has 0 unspecified atom stereocenters. The molecule has 0 bridgehead atoms. The van der Waals surface area contributed by atoms with Gasteiger partial charge < -0.3 is 10.1 Å². The van der Waals surface area contributed by atoms with E-state index in [-0.39, 0.29) is 12.4 Å². The minimum Gasteiger partial charge on any atom is -0.484 e. The van der Waals surface area contributed by atoms with E-state index in [1.165, 1.54) is 6.07 Å². The van der Waals surface area contributed by atoms with Crippen LogP contribution in [0.4, 0.5) is 14.5 Å². The number of halogens is 3. The molecule has 22 heavy (non-hydrogen) atoms. The van der Waals surface area contributed by atoms with Crippen molar-refractivity contribution < 1.29 is 18.3 Å². The molecule has 6 heteroatoms. The first-order valence-electron chi connectivity index (χ1n) is 6.51. The van der Waals surface area contributed by atoms with Crippen molar-refractivity contribution in [3.05, 3.63) is 58.1 Å². The van der Waals surface area contributed by atoms with Gasteiger partial charge in [-0.15, -0.1) is 0 Å². The monoisotopic (exact) mass is 325 g/mol. The van der Waals surface area contributed by atoms with Gasteiger partial charge in [-0.05, 0) is 43.2 Å². The molecule has 0 fully saturated rings. The van der Waals surface area contributed by atoms with Gasteiger partial charge in [-0.1, -0.05) is 17.7 Å². The quantitative estimate of drug-likeness (QED) is 0.912. The van der Waals surface area contributed by atoms with Crippen LogP contribution in [0.25, 0.3) is 0 Å². The van der Waals surface area contributed by atoms with Crippen LogP contribution in [-0.4, -0.2) is 12.5 Å². The molecule has 0 spiro atoms. The molecule has 2 aromatic carbocycles. The number of aryl methyl sites for hydroxylation is 2. The average Bonchev–Trinajstić information content (AvgIpc) is 2.44. The summed E-state index contributed by atoms with van der Waals surface area (Å²) in [5.74, 6) is -2.38. The fraction of sp³-hybridized carbons (Fsp3) is 0.188. The molecule has 1 amide bonds. The number of hydrogen-bond acceptors (Lipinski definition) is 2. The van der Waals surface area contributed by atoms with Crippen LogP contribution in [0.15, 0.2) is 30.3 Å². The highest BCUT2D eigenvalue weighted by Gasteiger charge is 2.11. The average molecular weight is 326 g/mol. The van der Waals surface area contributed by atoms with E-state index < -0.39 is 17.5 Å². The third-order valence-corrected chi connectivity index (χ3v) is 3.26. The zero-order chi connectivity index (χ0) is 16.3. The van der Waals surface area contributed by atoms with E-state index >= 15 is 0 Å². The maximum atomic E-state index is 13.0. The zero-order valence-corrected chi connectivity index (χ0v) is 12.8. The third kappa shape index (κ3) is 3.95. The van der Waals surface area contributed by atoms with Gasteiger partial charge in [0.25, 0.3) is 5.91 Å². The first-order valence-corrected chi connectivity index (χ1v) is 6.89. The number of hydrogen-bond donors (Lipinski definition) is 1. The van der Waals surface area contributed by atoms with Gasteiger partial charge in [0.15, 0.2) is 18.2 Å². The lowest BCUT2D eigenvalue weighted by atomic mass is 10.1. The highest BCUT2D eigenvalue weighted by atomic mass is 35.5. The summed E-state index contributed by atoms with van der Waals surface area (Å²) in [6.07, 6.45) is 0. The molecule has 0 saturated carbocycles. The lowest BCUT2D eigenvalue weighted by molar-refractivity contribution is -0.118. The van der Waals surface area contributed by atoms with Crippen molar-refractivity contribution in [2.24, 2.45) is 0 Å². The summed E-state index contributed by atoms with van der Waals surface area (Å²) in [4.78, 5) is 11.9. The fourth-order valence-electron chi connectivity index (χ4n) is 1.97. The molecule has 3 nitrogen and oxygen atoms in total. The Morgan fingerprint density at radius 1 is 1.18 bits per heavy atom. The van der Waals surface area contributed by atoms with E-state index in [0.29, 0.717) is 10.7 Å². The van der Waals surface area contributed by atoms with Crippen molar-refractivity contribution in [2.45, 2.75) is 13.8 Å². The normalized spacial score (nSPS) is 10.4. The Bertz CT molecular complexity index is 696. The largest absolute Gasteiger partial charge is 0.484 e. The molecule has 0 saturated heterocycles. The van der Waals surface area contributed by atoms with Gasteiger partial charge in [-0.2, -0.15) is 0 Å². The second kappa shape index (κ2) is 6.75. The molecular weight excluding hydrogens is 312 g/mol. The predicted octanol–water partition coefficient (Wildman–Crippen LogP) is 4.25. The number of anilines is 1. The molecule has 0 aromatic heterocycles. The molecule has 0 heterocycles. The van der Waals surface area contributed by atoms with Crippen molar-refractivity contribution in [1.29, 1.82) is 0 Å². The van der Waals surface area contributed by atoms with E-state index in [4.69, 9.17) is 16.3 Å². The molecule has 0 radical (unpaired) electrons. The number of amides is 1. The van der Waals surface area contributed by atoms with Crippen molar-refractivity contribution in [2.75, 3.05) is 11.9 Å². The SMILES string of the molecule is Cc1cc(C)c(NC(=O)COc2ccc(F)c(F)c2)c(Cl)c1. The van der Waals surface area contributed by atoms with Gasteiger partial charge >= 0.3 is 0 Å². The van der Waals surface area contributed by atoms with Gasteiger partial charge in [-0.25, -0.2) is 8.78 Å². The summed E-state index contributed by atoms with van der Waals surface area (Å²) in [7, 11) is 0. The summed E-state index contributed by atoms with van der Waals surface area (Å²) < 4.78 is 30.9. The number of rotatable bonds is 4.